The van der Waals surface area contributed by atoms with Crippen molar-refractivity contribution in [3.05, 3.63) is 29.3 Å². The van der Waals surface area contributed by atoms with Crippen molar-refractivity contribution in [2.75, 3.05) is 5.73 Å². The van der Waals surface area contributed by atoms with Gasteiger partial charge >= 0.3 is 5.97 Å². The Bertz CT molecular complexity index is 318. The average Bonchev–Trinajstić information content (AvgIpc) is 2.03. The Morgan fingerprint density at radius 2 is 2.23 bits per heavy atom. The van der Waals surface area contributed by atoms with Crippen LogP contribution in [0.25, 0.3) is 0 Å². The highest BCUT2D eigenvalue weighted by atomic mass is 32.1. The predicted molar refractivity (Wildman–Crippen MR) is 55.0 cm³/mol. The molecule has 1 atom stereocenters. The van der Waals surface area contributed by atoms with Gasteiger partial charge in [0.2, 0.25) is 0 Å². The van der Waals surface area contributed by atoms with Gasteiger partial charge in [0.05, 0.1) is 0 Å². The molecule has 1 aromatic rings. The Labute approximate surface area is 82.0 Å². The van der Waals surface area contributed by atoms with E-state index in [2.05, 4.69) is 12.6 Å². The number of hydrogen-bond acceptors (Lipinski definition) is 3. The fourth-order valence-electron chi connectivity index (χ4n) is 1.20. The third-order valence-corrected chi connectivity index (χ3v) is 2.34. The minimum absolute atomic E-state index is 0.474. The Morgan fingerprint density at radius 3 is 2.69 bits per heavy atom. The first-order valence-corrected chi connectivity index (χ1v) is 4.31. The predicted octanol–water partition coefficient (Wildman–Crippen LogP) is 1.63. The number of carboxylic acids is 1. The minimum atomic E-state index is -0.982. The van der Waals surface area contributed by atoms with Gasteiger partial charge in [-0.1, -0.05) is 12.1 Å². The van der Waals surface area contributed by atoms with Gasteiger partial charge in [-0.15, -0.1) is 0 Å². The zero-order valence-corrected chi connectivity index (χ0v) is 8.08. The van der Waals surface area contributed by atoms with Crippen molar-refractivity contribution >= 4 is 24.3 Å². The van der Waals surface area contributed by atoms with Crippen molar-refractivity contribution in [3.63, 3.8) is 0 Å². The van der Waals surface area contributed by atoms with Crippen molar-refractivity contribution in [2.24, 2.45) is 0 Å². The van der Waals surface area contributed by atoms with E-state index in [9.17, 15) is 4.79 Å². The standard InChI is InChI=1S/C9H11NO2S/c1-5-3-2-4-6(10)7(5)8(13)9(11)12/h2-4,8,13H,10H2,1H3,(H,11,12). The maximum atomic E-state index is 10.7. The fourth-order valence-corrected chi connectivity index (χ4v) is 1.55. The molecule has 3 N–H and O–H groups in total. The SMILES string of the molecule is Cc1cccc(N)c1C(S)C(=O)O. The molecule has 0 aliphatic rings. The van der Waals surface area contributed by atoms with Gasteiger partial charge < -0.3 is 10.8 Å². The minimum Gasteiger partial charge on any atom is -0.480 e. The maximum absolute atomic E-state index is 10.7. The van der Waals surface area contributed by atoms with Crippen LogP contribution >= 0.6 is 12.6 Å². The summed E-state index contributed by atoms with van der Waals surface area (Å²) in [6.45, 7) is 1.82. The number of benzene rings is 1. The van der Waals surface area contributed by atoms with Crippen LogP contribution in [0.3, 0.4) is 0 Å². The first-order valence-electron chi connectivity index (χ1n) is 3.80. The molecule has 3 nitrogen and oxygen atoms in total. The molecule has 0 amide bonds. The molecule has 0 fully saturated rings. The maximum Gasteiger partial charge on any atom is 0.320 e. The van der Waals surface area contributed by atoms with Crippen molar-refractivity contribution in [1.82, 2.24) is 0 Å². The van der Waals surface area contributed by atoms with Gasteiger partial charge in [0, 0.05) is 11.3 Å². The van der Waals surface area contributed by atoms with Gasteiger partial charge in [0.1, 0.15) is 5.25 Å². The van der Waals surface area contributed by atoms with Crippen molar-refractivity contribution < 1.29 is 9.90 Å². The van der Waals surface area contributed by atoms with Crippen LogP contribution in [0.4, 0.5) is 5.69 Å². The quantitative estimate of drug-likeness (QED) is 0.499. The highest BCUT2D eigenvalue weighted by Crippen LogP contribution is 2.28. The highest BCUT2D eigenvalue weighted by molar-refractivity contribution is 7.81. The average molecular weight is 197 g/mol. The molecule has 0 radical (unpaired) electrons. The molecule has 0 spiro atoms. The van der Waals surface area contributed by atoms with E-state index in [1.54, 1.807) is 12.1 Å². The number of anilines is 1. The zero-order chi connectivity index (χ0) is 10.0. The number of thiol groups is 1. The topological polar surface area (TPSA) is 63.3 Å². The summed E-state index contributed by atoms with van der Waals surface area (Å²) in [4.78, 5) is 10.7. The lowest BCUT2D eigenvalue weighted by atomic mass is 10.0. The fraction of sp³-hybridized carbons (Fsp3) is 0.222. The Balaban J connectivity index is 3.20. The molecule has 0 heterocycles. The first-order chi connectivity index (χ1) is 6.04. The number of nitrogens with two attached hydrogens (primary N) is 1. The smallest absolute Gasteiger partial charge is 0.320 e. The molecule has 1 unspecified atom stereocenters. The van der Waals surface area contributed by atoms with Crippen LogP contribution in [-0.4, -0.2) is 11.1 Å². The van der Waals surface area contributed by atoms with Crippen LogP contribution in [-0.2, 0) is 4.79 Å². The summed E-state index contributed by atoms with van der Waals surface area (Å²) >= 11 is 3.97. The first kappa shape index (κ1) is 9.92. The van der Waals surface area contributed by atoms with Crippen LogP contribution < -0.4 is 5.73 Å². The lowest BCUT2D eigenvalue weighted by Gasteiger charge is -2.11. The Morgan fingerprint density at radius 1 is 1.62 bits per heavy atom. The summed E-state index contributed by atoms with van der Waals surface area (Å²) in [5.41, 5.74) is 7.55. The summed E-state index contributed by atoms with van der Waals surface area (Å²) in [6.07, 6.45) is 0. The van der Waals surface area contributed by atoms with Crippen LogP contribution in [0.15, 0.2) is 18.2 Å². The van der Waals surface area contributed by atoms with Crippen LogP contribution in [0.1, 0.15) is 16.4 Å². The zero-order valence-electron chi connectivity index (χ0n) is 7.19. The summed E-state index contributed by atoms with van der Waals surface area (Å²) in [7, 11) is 0. The number of rotatable bonds is 2. The molecule has 0 aromatic heterocycles. The molecular formula is C9H11NO2S. The van der Waals surface area contributed by atoms with Gasteiger partial charge in [-0.3, -0.25) is 4.79 Å². The monoisotopic (exact) mass is 197 g/mol. The Kier molecular flexibility index (Phi) is 2.83. The van der Waals surface area contributed by atoms with E-state index < -0.39 is 11.2 Å². The summed E-state index contributed by atoms with van der Waals surface area (Å²) < 4.78 is 0. The number of aliphatic carboxylic acids is 1. The van der Waals surface area contributed by atoms with E-state index in [1.165, 1.54) is 0 Å². The molecule has 0 aliphatic carbocycles. The van der Waals surface area contributed by atoms with Crippen LogP contribution in [0.2, 0.25) is 0 Å². The largest absolute Gasteiger partial charge is 0.480 e. The second-order valence-corrected chi connectivity index (χ2v) is 3.33. The molecule has 4 heteroatoms. The van der Waals surface area contributed by atoms with Gasteiger partial charge in [0.25, 0.3) is 0 Å². The normalized spacial score (nSPS) is 12.5. The molecule has 0 aliphatic heterocycles. The molecule has 0 bridgehead atoms. The van der Waals surface area contributed by atoms with E-state index >= 15 is 0 Å². The number of carbonyl (C=O) groups is 1. The molecule has 1 rings (SSSR count). The van der Waals surface area contributed by atoms with Gasteiger partial charge in [-0.2, -0.15) is 12.6 Å². The van der Waals surface area contributed by atoms with E-state index in [4.69, 9.17) is 10.8 Å². The summed E-state index contributed by atoms with van der Waals surface area (Å²) in [5.74, 6) is -0.982. The summed E-state index contributed by atoms with van der Waals surface area (Å²) in [6, 6.07) is 5.28. The Hall–Kier alpha value is -1.16. The van der Waals surface area contributed by atoms with E-state index in [1.807, 2.05) is 13.0 Å². The van der Waals surface area contributed by atoms with Crippen LogP contribution in [0, 0.1) is 6.92 Å². The van der Waals surface area contributed by atoms with Crippen molar-refractivity contribution in [1.29, 1.82) is 0 Å². The lowest BCUT2D eigenvalue weighted by molar-refractivity contribution is -0.136. The third kappa shape index (κ3) is 1.95. The second kappa shape index (κ2) is 3.70. The number of aryl methyl sites for hydroxylation is 1. The van der Waals surface area contributed by atoms with E-state index in [0.29, 0.717) is 11.3 Å². The summed E-state index contributed by atoms with van der Waals surface area (Å²) in [5, 5.41) is 7.91. The van der Waals surface area contributed by atoms with Crippen molar-refractivity contribution in [3.8, 4) is 0 Å². The van der Waals surface area contributed by atoms with Crippen molar-refractivity contribution in [2.45, 2.75) is 12.2 Å². The van der Waals surface area contributed by atoms with Gasteiger partial charge in [0.15, 0.2) is 0 Å². The molecule has 0 saturated carbocycles. The number of nitrogen functional groups attached to an aromatic ring is 1. The number of carboxylic acid groups (broad SMARTS) is 1. The van der Waals surface area contributed by atoms with E-state index in [-0.39, 0.29) is 0 Å². The lowest BCUT2D eigenvalue weighted by Crippen LogP contribution is -2.09. The third-order valence-electron chi connectivity index (χ3n) is 1.87. The molecule has 1 aromatic carbocycles. The van der Waals surface area contributed by atoms with Gasteiger partial charge in [-0.05, 0) is 18.6 Å². The van der Waals surface area contributed by atoms with Crippen LogP contribution in [0.5, 0.6) is 0 Å². The molecule has 70 valence electrons. The van der Waals surface area contributed by atoms with Gasteiger partial charge in [-0.25, -0.2) is 0 Å². The second-order valence-electron chi connectivity index (χ2n) is 2.82. The molecular weight excluding hydrogens is 186 g/mol. The molecule has 0 saturated heterocycles. The highest BCUT2D eigenvalue weighted by Gasteiger charge is 2.18. The number of hydrogen-bond donors (Lipinski definition) is 3. The molecule has 13 heavy (non-hydrogen) atoms. The van der Waals surface area contributed by atoms with E-state index in [0.717, 1.165) is 5.56 Å².